The molecule has 0 rings (SSSR count). The minimum Gasteiger partial charge on any atom is -1.00 e. The third kappa shape index (κ3) is 22.4. The van der Waals surface area contributed by atoms with Crippen LogP contribution >= 0.6 is 0 Å². The van der Waals surface area contributed by atoms with Crippen LogP contribution in [0.4, 0.5) is 0 Å². The van der Waals surface area contributed by atoms with Gasteiger partial charge in [-0.05, 0) is 0 Å². The normalized spacial score (nSPS) is 7.42. The zero-order valence-electron chi connectivity index (χ0n) is 15.3. The Labute approximate surface area is 247 Å². The van der Waals surface area contributed by atoms with Gasteiger partial charge in [-0.3, -0.25) is 0 Å². The van der Waals surface area contributed by atoms with Gasteiger partial charge in [0.05, 0.1) is 5.97 Å². The first-order chi connectivity index (χ1) is 5.78. The van der Waals surface area contributed by atoms with E-state index in [0.29, 0.717) is 0 Å². The van der Waals surface area contributed by atoms with Crippen molar-refractivity contribution in [3.05, 3.63) is 0 Å². The predicted octanol–water partition coefficient (Wildman–Crippen LogP) is -22.9. The molecule has 0 aromatic carbocycles. The largest absolute Gasteiger partial charge is 1.00 e. The summed E-state index contributed by atoms with van der Waals surface area (Å²) >= 11 is 0. The number of carbonyl (C=O) groups is 3. The van der Waals surface area contributed by atoms with Crippen molar-refractivity contribution in [2.75, 3.05) is 0 Å². The molecule has 13 heteroatoms. The van der Waals surface area contributed by atoms with Crippen LogP contribution in [0.5, 0.6) is 0 Å². The van der Waals surface area contributed by atoms with Gasteiger partial charge in [-0.25, -0.2) is 0 Å². The summed E-state index contributed by atoms with van der Waals surface area (Å²) in [6.45, 7) is 0. The van der Waals surface area contributed by atoms with Gasteiger partial charge >= 0.3 is 177 Å². The van der Waals surface area contributed by atoms with Crippen LogP contribution in [-0.2, 0) is 14.4 Å². The molecule has 0 aromatic rings. The van der Waals surface area contributed by atoms with Crippen molar-refractivity contribution in [2.24, 2.45) is 0 Å². The van der Waals surface area contributed by atoms with E-state index in [1.165, 1.54) is 0 Å². The Hall–Kier alpha value is 4.37. The second-order valence-electron chi connectivity index (χ2n) is 2.42. The number of carbonyl (C=O) groups excluding carboxylic acids is 3. The average Bonchev–Trinajstić information content (AvgIpc) is 1.82. The van der Waals surface area contributed by atoms with Crippen LogP contribution in [0, 0.1) is 0 Å². The van der Waals surface area contributed by atoms with Crippen LogP contribution < -0.4 is 193 Å². The van der Waals surface area contributed by atoms with Crippen molar-refractivity contribution < 1.29 is 216 Å². The first kappa shape index (κ1) is 43.6. The molecule has 0 bridgehead atoms. The Morgan fingerprint density at radius 1 is 0.789 bits per heavy atom. The van der Waals surface area contributed by atoms with E-state index in [0.717, 1.165) is 0 Å². The first-order valence-corrected chi connectivity index (χ1v) is 3.11. The second-order valence-corrected chi connectivity index (χ2v) is 2.42. The van der Waals surface area contributed by atoms with E-state index in [4.69, 9.17) is 5.11 Å². The fraction of sp³-hybridized carbons (Fsp3) is 0.500. The van der Waals surface area contributed by atoms with E-state index < -0.39 is 36.4 Å². The van der Waals surface area contributed by atoms with E-state index >= 15 is 0 Å². The fourth-order valence-corrected chi connectivity index (χ4v) is 0.684. The standard InChI is InChI=1S/C6H8O7.6Na.3H/c7-3(8)1-6(13,5(11)12)2-4(9)10;;;;;;;;;/h13H,1-2H2,(H,7,8)(H,9,10)(H,11,12);;;;;;;;;/q;6*+1;3*-1/p-3. The Bertz CT molecular complexity index is 257. The first-order valence-electron chi connectivity index (χ1n) is 3.11. The summed E-state index contributed by atoms with van der Waals surface area (Å²) in [6.07, 6.45) is -2.72. The summed E-state index contributed by atoms with van der Waals surface area (Å²) in [5, 5.41) is 38.9. The molecule has 0 fully saturated rings. The number of aliphatic hydroxyl groups is 1. The summed E-state index contributed by atoms with van der Waals surface area (Å²) in [5.74, 6) is -5.98. The molecule has 1 N–H and O–H groups in total. The SMILES string of the molecule is O=C([O-])CC(O)(CC(=O)[O-])C(=O)[O-].[H-].[H-].[H-].[Na+].[Na+].[Na+].[Na+].[Na+].[Na+]. The molecule has 7 nitrogen and oxygen atoms in total. The van der Waals surface area contributed by atoms with Gasteiger partial charge in [-0.2, -0.15) is 0 Å². The van der Waals surface area contributed by atoms with Crippen LogP contribution in [0.3, 0.4) is 0 Å². The molecule has 0 spiro atoms. The van der Waals surface area contributed by atoms with Crippen molar-refractivity contribution >= 4 is 17.9 Å². The van der Waals surface area contributed by atoms with Gasteiger partial charge in [0.15, 0.2) is 0 Å². The minimum atomic E-state index is -2.97. The molecule has 0 aromatic heterocycles. The average molecular weight is 330 g/mol. The maximum absolute atomic E-state index is 10.1. The molecular weight excluding hydrogens is 322 g/mol. The van der Waals surface area contributed by atoms with Crippen LogP contribution in [0.1, 0.15) is 17.1 Å². The van der Waals surface area contributed by atoms with Gasteiger partial charge in [0.25, 0.3) is 0 Å². The number of hydrogen-bond acceptors (Lipinski definition) is 7. The molecule has 0 aliphatic rings. The van der Waals surface area contributed by atoms with Crippen molar-refractivity contribution in [3.63, 3.8) is 0 Å². The smallest absolute Gasteiger partial charge is 1.00 e. The minimum absolute atomic E-state index is 0. The van der Waals surface area contributed by atoms with E-state index in [1.54, 1.807) is 0 Å². The number of hydrogen-bond donors (Lipinski definition) is 1. The fourth-order valence-electron chi connectivity index (χ4n) is 0.684. The van der Waals surface area contributed by atoms with Gasteiger partial charge in [0.2, 0.25) is 0 Å². The molecule has 0 unspecified atom stereocenters. The molecule has 0 saturated heterocycles. The molecule has 0 aliphatic heterocycles. The maximum Gasteiger partial charge on any atom is 1.00 e. The molecule has 0 heterocycles. The molecule has 0 aliphatic carbocycles. The molecule has 0 radical (unpaired) electrons. The van der Waals surface area contributed by atoms with E-state index in [9.17, 15) is 29.7 Å². The summed E-state index contributed by atoms with van der Waals surface area (Å²) in [4.78, 5) is 30.0. The second kappa shape index (κ2) is 22.4. The van der Waals surface area contributed by atoms with Crippen LogP contribution in [0.25, 0.3) is 0 Å². The quantitative estimate of drug-likeness (QED) is 0.493. The van der Waals surface area contributed by atoms with Gasteiger partial charge in [0, 0.05) is 24.8 Å². The van der Waals surface area contributed by atoms with E-state index in [2.05, 4.69) is 0 Å². The molecule has 19 heavy (non-hydrogen) atoms. The number of rotatable bonds is 5. The summed E-state index contributed by atoms with van der Waals surface area (Å²) in [6, 6.07) is 0. The Balaban J connectivity index is -0.0000000200. The van der Waals surface area contributed by atoms with Crippen molar-refractivity contribution in [2.45, 2.75) is 18.4 Å². The Morgan fingerprint density at radius 2 is 1.00 bits per heavy atom. The zero-order valence-corrected chi connectivity index (χ0v) is 24.3. The molecule has 0 saturated carbocycles. The third-order valence-electron chi connectivity index (χ3n) is 1.25. The van der Waals surface area contributed by atoms with E-state index in [-0.39, 0.29) is 182 Å². The Morgan fingerprint density at radius 3 is 1.11 bits per heavy atom. The van der Waals surface area contributed by atoms with Crippen molar-refractivity contribution in [1.29, 1.82) is 0 Å². The maximum atomic E-state index is 10.1. The van der Waals surface area contributed by atoms with Crippen molar-refractivity contribution in [1.82, 2.24) is 0 Å². The molecule has 0 atom stereocenters. The molecule has 80 valence electrons. The van der Waals surface area contributed by atoms with Gasteiger partial charge in [-0.1, -0.05) is 0 Å². The Kier molecular flexibility index (Phi) is 51.4. The van der Waals surface area contributed by atoms with E-state index in [1.807, 2.05) is 0 Å². The predicted molar refractivity (Wildman–Crippen MR) is 32.5 cm³/mol. The van der Waals surface area contributed by atoms with Crippen LogP contribution in [0.2, 0.25) is 0 Å². The molecular formula is C6H8Na6O7. The summed E-state index contributed by atoms with van der Waals surface area (Å²) in [5.41, 5.74) is -2.97. The number of aliphatic carboxylic acids is 3. The van der Waals surface area contributed by atoms with Gasteiger partial charge < -0.3 is 39.1 Å². The number of carboxylic acids is 3. The summed E-state index contributed by atoms with van der Waals surface area (Å²) < 4.78 is 0. The van der Waals surface area contributed by atoms with Crippen LogP contribution in [-0.4, -0.2) is 28.6 Å². The summed E-state index contributed by atoms with van der Waals surface area (Å²) in [7, 11) is 0. The van der Waals surface area contributed by atoms with Crippen LogP contribution in [0.15, 0.2) is 0 Å². The zero-order chi connectivity index (χ0) is 10.6. The third-order valence-corrected chi connectivity index (χ3v) is 1.25. The topological polar surface area (TPSA) is 141 Å². The molecule has 0 amide bonds. The van der Waals surface area contributed by atoms with Gasteiger partial charge in [0.1, 0.15) is 5.60 Å². The number of carboxylic acid groups (broad SMARTS) is 3. The van der Waals surface area contributed by atoms with Crippen molar-refractivity contribution in [3.8, 4) is 0 Å². The van der Waals surface area contributed by atoms with Gasteiger partial charge in [-0.15, -0.1) is 0 Å². The monoisotopic (exact) mass is 330 g/mol.